The second kappa shape index (κ2) is 8.66. The average Bonchev–Trinajstić information content (AvgIpc) is 3.46. The number of imidazole rings is 1. The van der Waals surface area contributed by atoms with E-state index in [2.05, 4.69) is 15.5 Å². The number of benzene rings is 2. The van der Waals surface area contributed by atoms with Crippen molar-refractivity contribution in [2.75, 3.05) is 19.0 Å². The van der Waals surface area contributed by atoms with Crippen LogP contribution in [0.2, 0.25) is 0 Å². The number of para-hydroxylation sites is 1. The maximum atomic E-state index is 13.5. The summed E-state index contributed by atoms with van der Waals surface area (Å²) in [4.78, 5) is 33.2. The van der Waals surface area contributed by atoms with Crippen LogP contribution in [0.15, 0.2) is 42.6 Å². The number of nitrogens with one attached hydrogen (secondary N) is 2. The summed E-state index contributed by atoms with van der Waals surface area (Å²) in [5.41, 5.74) is 4.96. The molecule has 174 valence electrons. The Morgan fingerprint density at radius 1 is 1.24 bits per heavy atom. The predicted molar refractivity (Wildman–Crippen MR) is 128 cm³/mol. The average molecular weight is 459 g/mol. The summed E-state index contributed by atoms with van der Waals surface area (Å²) < 4.78 is 7.31. The molecule has 2 aromatic carbocycles. The minimum Gasteiger partial charge on any atom is -0.496 e. The van der Waals surface area contributed by atoms with Gasteiger partial charge in [-0.15, -0.1) is 0 Å². The van der Waals surface area contributed by atoms with Crippen molar-refractivity contribution in [3.63, 3.8) is 0 Å². The summed E-state index contributed by atoms with van der Waals surface area (Å²) in [7, 11) is 3.45. The molecule has 1 aliphatic heterocycles. The molecule has 0 unspecified atom stereocenters. The van der Waals surface area contributed by atoms with E-state index in [1.165, 1.54) is 7.11 Å². The van der Waals surface area contributed by atoms with E-state index in [1.54, 1.807) is 41.4 Å². The van der Waals surface area contributed by atoms with E-state index in [9.17, 15) is 9.59 Å². The molecular weight excluding hydrogens is 432 g/mol. The number of aryl methyl sites for hydroxylation is 2. The molecule has 5 rings (SSSR count). The lowest BCUT2D eigenvalue weighted by Gasteiger charge is -2.26. The first kappa shape index (κ1) is 21.7. The van der Waals surface area contributed by atoms with Gasteiger partial charge in [-0.2, -0.15) is 5.10 Å². The zero-order chi connectivity index (χ0) is 23.8. The van der Waals surface area contributed by atoms with Crippen LogP contribution < -0.4 is 10.1 Å². The fourth-order valence-electron chi connectivity index (χ4n) is 4.53. The van der Waals surface area contributed by atoms with Gasteiger partial charge in [0.2, 0.25) is 0 Å². The zero-order valence-corrected chi connectivity index (χ0v) is 19.4. The van der Waals surface area contributed by atoms with Gasteiger partial charge in [-0.25, -0.2) is 4.98 Å². The Bertz CT molecular complexity index is 1400. The normalized spacial score (nSPS) is 13.1. The minimum absolute atomic E-state index is 0.106. The fraction of sp³-hybridized carbons (Fsp3) is 0.280. The van der Waals surface area contributed by atoms with Gasteiger partial charge >= 0.3 is 0 Å². The molecule has 4 aromatic rings. The maximum Gasteiger partial charge on any atom is 0.259 e. The summed E-state index contributed by atoms with van der Waals surface area (Å²) in [5, 5.41) is 10.1. The van der Waals surface area contributed by atoms with Crippen LogP contribution in [-0.4, -0.2) is 50.1 Å². The molecule has 0 saturated heterocycles. The van der Waals surface area contributed by atoms with Crippen molar-refractivity contribution in [2.24, 2.45) is 7.05 Å². The number of nitrogens with zero attached hydrogens (tertiary/aromatic N) is 4. The number of hydrogen-bond donors (Lipinski definition) is 2. The van der Waals surface area contributed by atoms with Crippen molar-refractivity contribution >= 4 is 28.5 Å². The topological polar surface area (TPSA) is 105 Å². The highest BCUT2D eigenvalue weighted by molar-refractivity contribution is 6.11. The number of carbonyl (C=O) groups excluding carboxylic acids is 2. The molecule has 0 fully saturated rings. The number of fused-ring (bicyclic) bond motifs is 2. The van der Waals surface area contributed by atoms with Crippen molar-refractivity contribution in [2.45, 2.75) is 26.3 Å². The maximum absolute atomic E-state index is 13.5. The summed E-state index contributed by atoms with van der Waals surface area (Å²) in [6.07, 6.45) is 3.22. The van der Waals surface area contributed by atoms with Gasteiger partial charge in [0.1, 0.15) is 11.6 Å². The van der Waals surface area contributed by atoms with Crippen LogP contribution in [0, 0.1) is 0 Å². The van der Waals surface area contributed by atoms with E-state index in [4.69, 9.17) is 9.72 Å². The predicted octanol–water partition coefficient (Wildman–Crippen LogP) is 3.32. The molecule has 0 aliphatic carbocycles. The van der Waals surface area contributed by atoms with Gasteiger partial charge in [-0.1, -0.05) is 19.1 Å². The van der Waals surface area contributed by atoms with Crippen LogP contribution in [0.25, 0.3) is 11.0 Å². The zero-order valence-electron chi connectivity index (χ0n) is 19.4. The highest BCUT2D eigenvalue weighted by atomic mass is 16.5. The number of aromatic nitrogens is 4. The van der Waals surface area contributed by atoms with Crippen molar-refractivity contribution in [3.8, 4) is 5.75 Å². The molecule has 2 aromatic heterocycles. The molecule has 9 nitrogen and oxygen atoms in total. The van der Waals surface area contributed by atoms with E-state index < -0.39 is 0 Å². The quantitative estimate of drug-likeness (QED) is 0.477. The van der Waals surface area contributed by atoms with E-state index in [-0.39, 0.29) is 11.8 Å². The molecule has 3 heterocycles. The van der Waals surface area contributed by atoms with E-state index in [0.29, 0.717) is 41.2 Å². The molecule has 0 radical (unpaired) electrons. The lowest BCUT2D eigenvalue weighted by molar-refractivity contribution is 0.0734. The summed E-state index contributed by atoms with van der Waals surface area (Å²) >= 11 is 0. The third-order valence-corrected chi connectivity index (χ3v) is 6.31. The van der Waals surface area contributed by atoms with Gasteiger partial charge in [0.05, 0.1) is 35.6 Å². The molecule has 1 aliphatic rings. The summed E-state index contributed by atoms with van der Waals surface area (Å²) in [6, 6.07) is 10.6. The Morgan fingerprint density at radius 3 is 2.85 bits per heavy atom. The van der Waals surface area contributed by atoms with Gasteiger partial charge in [0, 0.05) is 49.8 Å². The molecule has 9 heteroatoms. The molecule has 2 amide bonds. The lowest BCUT2D eigenvalue weighted by Crippen LogP contribution is -2.35. The van der Waals surface area contributed by atoms with Crippen molar-refractivity contribution in [1.29, 1.82) is 0 Å². The fourth-order valence-corrected chi connectivity index (χ4v) is 4.53. The smallest absolute Gasteiger partial charge is 0.259 e. The minimum atomic E-state index is -0.316. The third kappa shape index (κ3) is 3.68. The number of H-pyrrole nitrogens is 1. The molecule has 0 bridgehead atoms. The third-order valence-electron chi connectivity index (χ3n) is 6.31. The standard InChI is InChI=1S/C25H26N6O3/c1-4-22-27-19-11-15(25(33)31-10-9-18-16(14-31)13-26-29-18)12-20(23(19)30(22)2)28-24(32)17-7-5-6-8-21(17)34-3/h5-8,11-13H,4,9-10,14H2,1-3H3,(H,26,29)(H,28,32). The van der Waals surface area contributed by atoms with Crippen LogP contribution >= 0.6 is 0 Å². The monoisotopic (exact) mass is 458 g/mol. The lowest BCUT2D eigenvalue weighted by atomic mass is 10.1. The Kier molecular flexibility index (Phi) is 5.53. The number of amides is 2. The van der Waals surface area contributed by atoms with Crippen molar-refractivity contribution in [3.05, 3.63) is 70.8 Å². The number of aromatic amines is 1. The summed E-state index contributed by atoms with van der Waals surface area (Å²) in [5.74, 6) is 0.925. The number of carbonyl (C=O) groups is 2. The van der Waals surface area contributed by atoms with Crippen LogP contribution in [0.3, 0.4) is 0 Å². The molecule has 0 spiro atoms. The van der Waals surface area contributed by atoms with Crippen molar-refractivity contribution in [1.82, 2.24) is 24.6 Å². The number of rotatable bonds is 5. The second-order valence-electron chi connectivity index (χ2n) is 8.34. The Labute approximate surface area is 196 Å². The van der Waals surface area contributed by atoms with Crippen LogP contribution in [0.5, 0.6) is 5.75 Å². The molecule has 34 heavy (non-hydrogen) atoms. The van der Waals surface area contributed by atoms with Gasteiger partial charge < -0.3 is 19.5 Å². The number of ether oxygens (including phenoxy) is 1. The van der Waals surface area contributed by atoms with Crippen LogP contribution in [0.4, 0.5) is 5.69 Å². The highest BCUT2D eigenvalue weighted by Crippen LogP contribution is 2.29. The number of anilines is 1. The molecule has 2 N–H and O–H groups in total. The molecular formula is C25H26N6O3. The first-order chi connectivity index (χ1) is 16.5. The Hall–Kier alpha value is -4.14. The largest absolute Gasteiger partial charge is 0.496 e. The number of methoxy groups -OCH3 is 1. The first-order valence-corrected chi connectivity index (χ1v) is 11.2. The van der Waals surface area contributed by atoms with E-state index in [1.807, 2.05) is 24.6 Å². The van der Waals surface area contributed by atoms with Gasteiger partial charge in [0.15, 0.2) is 0 Å². The second-order valence-corrected chi connectivity index (χ2v) is 8.34. The van der Waals surface area contributed by atoms with Gasteiger partial charge in [0.25, 0.3) is 11.8 Å². The highest BCUT2D eigenvalue weighted by Gasteiger charge is 2.25. The van der Waals surface area contributed by atoms with Crippen molar-refractivity contribution < 1.29 is 14.3 Å². The Morgan fingerprint density at radius 2 is 2.06 bits per heavy atom. The first-order valence-electron chi connectivity index (χ1n) is 11.2. The molecule has 0 atom stereocenters. The summed E-state index contributed by atoms with van der Waals surface area (Å²) in [6.45, 7) is 3.11. The van der Waals surface area contributed by atoms with Gasteiger partial charge in [-0.05, 0) is 24.3 Å². The SMILES string of the molecule is CCc1nc2cc(C(=O)N3CCc4[nH]ncc4C3)cc(NC(=O)c3ccccc3OC)c2n1C. The molecule has 0 saturated carbocycles. The van der Waals surface area contributed by atoms with E-state index in [0.717, 1.165) is 35.4 Å². The number of hydrogen-bond acceptors (Lipinski definition) is 5. The Balaban J connectivity index is 1.54. The van der Waals surface area contributed by atoms with E-state index >= 15 is 0 Å². The van der Waals surface area contributed by atoms with Crippen LogP contribution in [0.1, 0.15) is 44.7 Å². The van der Waals surface area contributed by atoms with Crippen LogP contribution in [-0.2, 0) is 26.4 Å². The van der Waals surface area contributed by atoms with Gasteiger partial charge in [-0.3, -0.25) is 14.7 Å².